The summed E-state index contributed by atoms with van der Waals surface area (Å²) in [6, 6.07) is 0. The van der Waals surface area contributed by atoms with E-state index in [0.717, 1.165) is 4.90 Å². The average molecular weight is 295 g/mol. The fourth-order valence-corrected chi connectivity index (χ4v) is 2.72. The molecule has 2 heterocycles. The molecule has 0 aromatic heterocycles. The van der Waals surface area contributed by atoms with Crippen LogP contribution >= 0.6 is 0 Å². The van der Waals surface area contributed by atoms with Gasteiger partial charge in [-0.1, -0.05) is 0 Å². The van der Waals surface area contributed by atoms with E-state index >= 15 is 0 Å². The van der Waals surface area contributed by atoms with Crippen molar-refractivity contribution < 1.29 is 32.6 Å². The summed E-state index contributed by atoms with van der Waals surface area (Å²) < 4.78 is 44.1. The topological polar surface area (TPSA) is 66.8 Å². The molecule has 20 heavy (non-hydrogen) atoms. The number of nitrogens with zero attached hydrogens (tertiary/aromatic N) is 1. The fourth-order valence-electron chi connectivity index (χ4n) is 2.72. The van der Waals surface area contributed by atoms with Crippen LogP contribution in [0.3, 0.4) is 0 Å². The van der Waals surface area contributed by atoms with Gasteiger partial charge < -0.3 is 14.7 Å². The third-order valence-electron chi connectivity index (χ3n) is 4.04. The molecule has 0 radical (unpaired) electrons. The van der Waals surface area contributed by atoms with Gasteiger partial charge in [-0.3, -0.25) is 9.59 Å². The van der Waals surface area contributed by atoms with Gasteiger partial charge in [0.05, 0.1) is 12.5 Å². The first kappa shape index (κ1) is 15.1. The Balaban J connectivity index is 2.10. The lowest BCUT2D eigenvalue weighted by molar-refractivity contribution is -0.227. The summed E-state index contributed by atoms with van der Waals surface area (Å²) >= 11 is 0. The van der Waals surface area contributed by atoms with Gasteiger partial charge in [-0.05, 0) is 19.3 Å². The maximum Gasteiger partial charge on any atom is 0.406 e. The monoisotopic (exact) mass is 295 g/mol. The molecule has 2 aliphatic heterocycles. The van der Waals surface area contributed by atoms with Crippen LogP contribution in [0.4, 0.5) is 13.2 Å². The Bertz CT molecular complexity index is 406. The predicted molar refractivity (Wildman–Crippen MR) is 60.9 cm³/mol. The van der Waals surface area contributed by atoms with Gasteiger partial charge in [0.2, 0.25) is 5.91 Å². The van der Waals surface area contributed by atoms with Gasteiger partial charge in [0.25, 0.3) is 0 Å². The molecule has 1 amide bonds. The summed E-state index contributed by atoms with van der Waals surface area (Å²) in [7, 11) is 0. The highest BCUT2D eigenvalue weighted by Gasteiger charge is 2.64. The number of carboxylic acid groups (broad SMARTS) is 1. The first-order chi connectivity index (χ1) is 9.28. The van der Waals surface area contributed by atoms with Crippen LogP contribution in [0, 0.1) is 11.3 Å². The molecule has 0 aromatic rings. The number of amides is 1. The standard InChI is InChI=1S/C12H16F3NO4/c13-12(14,15)11(10(18)19)3-4-16(7-11)9(17)8-2-1-5-20-6-8/h8H,1-7H2,(H,18,19). The van der Waals surface area contributed by atoms with Gasteiger partial charge in [0, 0.05) is 19.7 Å². The number of likely N-dealkylation sites (tertiary alicyclic amines) is 1. The summed E-state index contributed by atoms with van der Waals surface area (Å²) in [6.07, 6.45) is -4.20. The average Bonchev–Trinajstić information content (AvgIpc) is 2.85. The van der Waals surface area contributed by atoms with Crippen LogP contribution in [0.5, 0.6) is 0 Å². The maximum atomic E-state index is 13.0. The van der Waals surface area contributed by atoms with Crippen LogP contribution in [0.25, 0.3) is 0 Å². The van der Waals surface area contributed by atoms with Gasteiger partial charge in [0.15, 0.2) is 5.41 Å². The molecule has 2 aliphatic rings. The summed E-state index contributed by atoms with van der Waals surface area (Å²) in [4.78, 5) is 24.2. The molecule has 0 aliphatic carbocycles. The number of ether oxygens (including phenoxy) is 1. The van der Waals surface area contributed by atoms with Crippen molar-refractivity contribution in [2.24, 2.45) is 11.3 Å². The summed E-state index contributed by atoms with van der Waals surface area (Å²) in [5, 5.41) is 8.93. The molecule has 5 nitrogen and oxygen atoms in total. The van der Waals surface area contributed by atoms with Crippen molar-refractivity contribution in [1.29, 1.82) is 0 Å². The number of rotatable bonds is 2. The Kier molecular flexibility index (Phi) is 3.95. The molecule has 2 unspecified atom stereocenters. The molecule has 2 fully saturated rings. The van der Waals surface area contributed by atoms with Crippen molar-refractivity contribution in [2.45, 2.75) is 25.4 Å². The molecular weight excluding hydrogens is 279 g/mol. The highest BCUT2D eigenvalue weighted by atomic mass is 19.4. The van der Waals surface area contributed by atoms with E-state index in [2.05, 4.69) is 0 Å². The van der Waals surface area contributed by atoms with Crippen LogP contribution in [0.1, 0.15) is 19.3 Å². The summed E-state index contributed by atoms with van der Waals surface area (Å²) in [5.74, 6) is -2.81. The Morgan fingerprint density at radius 3 is 2.50 bits per heavy atom. The lowest BCUT2D eigenvalue weighted by Crippen LogP contribution is -2.48. The molecule has 0 aromatic carbocycles. The quantitative estimate of drug-likeness (QED) is 0.833. The van der Waals surface area contributed by atoms with Crippen molar-refractivity contribution >= 4 is 11.9 Å². The zero-order valence-corrected chi connectivity index (χ0v) is 10.8. The zero-order valence-electron chi connectivity index (χ0n) is 10.8. The van der Waals surface area contributed by atoms with Crippen LogP contribution in [-0.2, 0) is 14.3 Å². The van der Waals surface area contributed by atoms with Crippen molar-refractivity contribution in [1.82, 2.24) is 4.90 Å². The highest BCUT2D eigenvalue weighted by molar-refractivity contribution is 5.82. The van der Waals surface area contributed by atoms with E-state index in [-0.39, 0.29) is 13.2 Å². The SMILES string of the molecule is O=C(C1CCCOC1)N1CCC(C(=O)O)(C(F)(F)F)C1. The van der Waals surface area contributed by atoms with Crippen molar-refractivity contribution in [3.8, 4) is 0 Å². The van der Waals surface area contributed by atoms with Gasteiger partial charge >= 0.3 is 12.1 Å². The van der Waals surface area contributed by atoms with Crippen LogP contribution in [0.15, 0.2) is 0 Å². The molecule has 1 N–H and O–H groups in total. The molecular formula is C12H16F3NO4. The second-order valence-corrected chi connectivity index (χ2v) is 5.31. The fraction of sp³-hybridized carbons (Fsp3) is 0.833. The predicted octanol–water partition coefficient (Wildman–Crippen LogP) is 1.28. The zero-order chi connectivity index (χ0) is 15.0. The van der Waals surface area contributed by atoms with E-state index in [1.165, 1.54) is 0 Å². The number of hydrogen-bond acceptors (Lipinski definition) is 3. The minimum atomic E-state index is -4.86. The van der Waals surface area contributed by atoms with Gasteiger partial charge in [-0.2, -0.15) is 13.2 Å². The Morgan fingerprint density at radius 1 is 1.35 bits per heavy atom. The Hall–Kier alpha value is -1.31. The minimum Gasteiger partial charge on any atom is -0.481 e. The molecule has 114 valence electrons. The van der Waals surface area contributed by atoms with E-state index < -0.39 is 42.4 Å². The number of halogens is 3. The third-order valence-corrected chi connectivity index (χ3v) is 4.04. The van der Waals surface area contributed by atoms with E-state index in [4.69, 9.17) is 9.84 Å². The molecule has 2 rings (SSSR count). The van der Waals surface area contributed by atoms with Gasteiger partial charge in [-0.25, -0.2) is 0 Å². The largest absolute Gasteiger partial charge is 0.481 e. The van der Waals surface area contributed by atoms with Crippen LogP contribution < -0.4 is 0 Å². The van der Waals surface area contributed by atoms with E-state index in [0.29, 0.717) is 19.4 Å². The number of carbonyl (C=O) groups is 2. The smallest absolute Gasteiger partial charge is 0.406 e. The molecule has 2 atom stereocenters. The van der Waals surface area contributed by atoms with Crippen molar-refractivity contribution in [3.05, 3.63) is 0 Å². The molecule has 8 heteroatoms. The second-order valence-electron chi connectivity index (χ2n) is 5.31. The lowest BCUT2D eigenvalue weighted by Gasteiger charge is -2.29. The van der Waals surface area contributed by atoms with E-state index in [1.54, 1.807) is 0 Å². The number of carboxylic acids is 1. The molecule has 2 saturated heterocycles. The number of aliphatic carboxylic acids is 1. The van der Waals surface area contributed by atoms with Crippen LogP contribution in [0.2, 0.25) is 0 Å². The molecule has 0 spiro atoms. The maximum absolute atomic E-state index is 13.0. The van der Waals surface area contributed by atoms with Crippen molar-refractivity contribution in [2.75, 3.05) is 26.3 Å². The molecule has 0 saturated carbocycles. The number of alkyl halides is 3. The van der Waals surface area contributed by atoms with Crippen molar-refractivity contribution in [3.63, 3.8) is 0 Å². The minimum absolute atomic E-state index is 0.179. The first-order valence-corrected chi connectivity index (χ1v) is 6.44. The summed E-state index contributed by atoms with van der Waals surface area (Å²) in [6.45, 7) is -0.241. The highest BCUT2D eigenvalue weighted by Crippen LogP contribution is 2.46. The second kappa shape index (κ2) is 5.23. The Morgan fingerprint density at radius 2 is 2.05 bits per heavy atom. The van der Waals surface area contributed by atoms with Gasteiger partial charge in [-0.15, -0.1) is 0 Å². The van der Waals surface area contributed by atoms with E-state index in [9.17, 15) is 22.8 Å². The van der Waals surface area contributed by atoms with Crippen LogP contribution in [-0.4, -0.2) is 54.4 Å². The normalized spacial score (nSPS) is 31.4. The third kappa shape index (κ3) is 2.48. The Labute approximate surface area is 113 Å². The summed E-state index contributed by atoms with van der Waals surface area (Å²) in [5.41, 5.74) is -2.84. The van der Waals surface area contributed by atoms with Gasteiger partial charge in [0.1, 0.15) is 0 Å². The number of hydrogen-bond donors (Lipinski definition) is 1. The van der Waals surface area contributed by atoms with E-state index in [1.807, 2.05) is 0 Å². The lowest BCUT2D eigenvalue weighted by atomic mass is 9.86. The first-order valence-electron chi connectivity index (χ1n) is 6.44. The molecule has 0 bridgehead atoms. The number of carbonyl (C=O) groups excluding carboxylic acids is 1.